The fourth-order valence-electron chi connectivity index (χ4n) is 1.87. The molecule has 0 aliphatic carbocycles. The van der Waals surface area contributed by atoms with Gasteiger partial charge in [-0.2, -0.15) is 11.8 Å². The van der Waals surface area contributed by atoms with Crippen LogP contribution in [0.5, 0.6) is 5.75 Å². The minimum absolute atomic E-state index is 0.0357. The molecule has 0 fully saturated rings. The van der Waals surface area contributed by atoms with Crippen molar-refractivity contribution in [2.24, 2.45) is 0 Å². The number of aliphatic hydroxyl groups is 1. The van der Waals surface area contributed by atoms with Crippen molar-refractivity contribution < 1.29 is 18.3 Å². The predicted molar refractivity (Wildman–Crippen MR) is 91.3 cm³/mol. The highest BCUT2D eigenvalue weighted by atomic mass is 32.2. The Morgan fingerprint density at radius 3 is 2.45 bits per heavy atom. The van der Waals surface area contributed by atoms with E-state index in [0.717, 1.165) is 16.9 Å². The van der Waals surface area contributed by atoms with Gasteiger partial charge in [0.2, 0.25) is 10.0 Å². The van der Waals surface area contributed by atoms with Crippen LogP contribution < -0.4 is 9.46 Å². The van der Waals surface area contributed by atoms with E-state index < -0.39 is 15.6 Å². The number of benzene rings is 1. The Hall–Kier alpha value is -0.760. The monoisotopic (exact) mass is 347 g/mol. The van der Waals surface area contributed by atoms with E-state index in [1.807, 2.05) is 20.1 Å². The van der Waals surface area contributed by atoms with Crippen molar-refractivity contribution in [2.45, 2.75) is 37.7 Å². The Kier molecular flexibility index (Phi) is 6.73. The maximum Gasteiger partial charge on any atom is 0.244 e. The molecule has 1 rings (SSSR count). The molecule has 0 spiro atoms. The van der Waals surface area contributed by atoms with E-state index in [2.05, 4.69) is 4.72 Å². The zero-order valence-corrected chi connectivity index (χ0v) is 15.4. The van der Waals surface area contributed by atoms with Crippen molar-refractivity contribution in [3.8, 4) is 5.75 Å². The second kappa shape index (κ2) is 7.68. The highest BCUT2D eigenvalue weighted by molar-refractivity contribution is 7.98. The van der Waals surface area contributed by atoms with Crippen LogP contribution in [0.15, 0.2) is 17.0 Å². The first-order valence-electron chi connectivity index (χ1n) is 6.99. The molecule has 1 aromatic carbocycles. The minimum atomic E-state index is -3.74. The van der Waals surface area contributed by atoms with Gasteiger partial charge in [-0.1, -0.05) is 0 Å². The summed E-state index contributed by atoms with van der Waals surface area (Å²) in [4.78, 5) is 0.0961. The summed E-state index contributed by atoms with van der Waals surface area (Å²) < 4.78 is 32.6. The summed E-state index contributed by atoms with van der Waals surface area (Å²) in [6.07, 6.45) is 2.46. The zero-order valence-electron chi connectivity index (χ0n) is 13.8. The molecule has 0 amide bonds. The summed E-state index contributed by atoms with van der Waals surface area (Å²) in [5.41, 5.74) is 0.751. The van der Waals surface area contributed by atoms with Crippen molar-refractivity contribution in [2.75, 3.05) is 25.7 Å². The molecule has 0 bridgehead atoms. The van der Waals surface area contributed by atoms with Gasteiger partial charge in [0, 0.05) is 6.54 Å². The molecule has 22 heavy (non-hydrogen) atoms. The van der Waals surface area contributed by atoms with Gasteiger partial charge in [-0.3, -0.25) is 0 Å². The van der Waals surface area contributed by atoms with Crippen LogP contribution in [0.2, 0.25) is 0 Å². The average Bonchev–Trinajstić information content (AvgIpc) is 2.45. The summed E-state index contributed by atoms with van der Waals surface area (Å²) in [7, 11) is -2.30. The van der Waals surface area contributed by atoms with Crippen molar-refractivity contribution in [1.29, 1.82) is 0 Å². The molecule has 0 saturated heterocycles. The van der Waals surface area contributed by atoms with Crippen molar-refractivity contribution in [1.82, 2.24) is 4.72 Å². The smallest absolute Gasteiger partial charge is 0.244 e. The number of aryl methyl sites for hydroxylation is 2. The molecule has 2 N–H and O–H groups in total. The highest BCUT2D eigenvalue weighted by Gasteiger charge is 2.26. The van der Waals surface area contributed by atoms with Gasteiger partial charge in [-0.05, 0) is 62.5 Å². The summed E-state index contributed by atoms with van der Waals surface area (Å²) in [6, 6.07) is 3.29. The van der Waals surface area contributed by atoms with Crippen molar-refractivity contribution in [3.63, 3.8) is 0 Å². The molecule has 7 heteroatoms. The van der Waals surface area contributed by atoms with E-state index in [1.54, 1.807) is 30.8 Å². The van der Waals surface area contributed by atoms with E-state index in [4.69, 9.17) is 4.74 Å². The number of hydrogen-bond acceptors (Lipinski definition) is 5. The third-order valence-corrected chi connectivity index (χ3v) is 5.59. The van der Waals surface area contributed by atoms with Crippen LogP contribution in [0.3, 0.4) is 0 Å². The second-order valence-electron chi connectivity index (χ2n) is 5.65. The number of ether oxygens (including phenoxy) is 1. The number of rotatable bonds is 8. The van der Waals surface area contributed by atoms with E-state index in [9.17, 15) is 13.5 Å². The van der Waals surface area contributed by atoms with Gasteiger partial charge in [0.1, 0.15) is 10.6 Å². The van der Waals surface area contributed by atoms with Gasteiger partial charge >= 0.3 is 0 Å². The van der Waals surface area contributed by atoms with Gasteiger partial charge in [-0.15, -0.1) is 0 Å². The molecule has 1 atom stereocenters. The molecule has 0 saturated carbocycles. The average molecular weight is 348 g/mol. The summed E-state index contributed by atoms with van der Waals surface area (Å²) in [5, 5.41) is 10.2. The lowest BCUT2D eigenvalue weighted by Gasteiger charge is -2.23. The van der Waals surface area contributed by atoms with Crippen LogP contribution >= 0.6 is 11.8 Å². The van der Waals surface area contributed by atoms with Crippen LogP contribution in [-0.4, -0.2) is 44.8 Å². The molecular weight excluding hydrogens is 322 g/mol. The van der Waals surface area contributed by atoms with Gasteiger partial charge in [0.05, 0.1) is 12.7 Å². The van der Waals surface area contributed by atoms with Crippen LogP contribution in [0, 0.1) is 13.8 Å². The Morgan fingerprint density at radius 1 is 1.32 bits per heavy atom. The second-order valence-corrected chi connectivity index (χ2v) is 8.37. The maximum atomic E-state index is 12.5. The number of sulfonamides is 1. The third-order valence-electron chi connectivity index (χ3n) is 3.56. The molecule has 0 aliphatic heterocycles. The zero-order chi connectivity index (χ0) is 17.0. The first-order valence-corrected chi connectivity index (χ1v) is 9.87. The standard InChI is InChI=1S/C15H25NO4S2/c1-11-8-13(20-4)14(9-12(11)2)22(18,19)16-10-15(3,17)6-7-21-5/h8-9,16-17H,6-7,10H2,1-5H3/t15-/m0/s1. The van der Waals surface area contributed by atoms with E-state index >= 15 is 0 Å². The molecule has 1 aromatic rings. The van der Waals surface area contributed by atoms with Gasteiger partial charge in [-0.25, -0.2) is 13.1 Å². The molecule has 5 nitrogen and oxygen atoms in total. The van der Waals surface area contributed by atoms with Crippen LogP contribution in [0.1, 0.15) is 24.5 Å². The van der Waals surface area contributed by atoms with E-state index in [0.29, 0.717) is 12.2 Å². The number of nitrogens with one attached hydrogen (secondary N) is 1. The fraction of sp³-hybridized carbons (Fsp3) is 0.600. The SMILES string of the molecule is COc1cc(C)c(C)cc1S(=O)(=O)NC[C@@](C)(O)CCSC. The van der Waals surface area contributed by atoms with Crippen LogP contribution in [0.25, 0.3) is 0 Å². The molecule has 0 aromatic heterocycles. The Bertz CT molecular complexity index is 612. The molecule has 0 heterocycles. The summed E-state index contributed by atoms with van der Waals surface area (Å²) >= 11 is 1.61. The summed E-state index contributed by atoms with van der Waals surface area (Å²) in [5.74, 6) is 1.07. The quantitative estimate of drug-likeness (QED) is 0.753. The first kappa shape index (κ1) is 19.3. The number of thioether (sulfide) groups is 1. The van der Waals surface area contributed by atoms with E-state index in [-0.39, 0.29) is 11.4 Å². The Balaban J connectivity index is 2.98. The van der Waals surface area contributed by atoms with E-state index in [1.165, 1.54) is 7.11 Å². The van der Waals surface area contributed by atoms with Gasteiger partial charge in [0.15, 0.2) is 0 Å². The van der Waals surface area contributed by atoms with Crippen LogP contribution in [0.4, 0.5) is 0 Å². The lowest BCUT2D eigenvalue weighted by molar-refractivity contribution is 0.0626. The Labute approximate surface area is 137 Å². The molecule has 0 aliphatic rings. The lowest BCUT2D eigenvalue weighted by Crippen LogP contribution is -2.41. The summed E-state index contributed by atoms with van der Waals surface area (Å²) in [6.45, 7) is 5.34. The topological polar surface area (TPSA) is 75.6 Å². The van der Waals surface area contributed by atoms with Gasteiger partial charge in [0.25, 0.3) is 0 Å². The maximum absolute atomic E-state index is 12.5. The molecule has 126 valence electrons. The van der Waals surface area contributed by atoms with Crippen molar-refractivity contribution in [3.05, 3.63) is 23.3 Å². The third kappa shape index (κ3) is 5.15. The fourth-order valence-corrected chi connectivity index (χ4v) is 3.91. The normalized spacial score (nSPS) is 14.6. The Morgan fingerprint density at radius 2 is 1.91 bits per heavy atom. The number of hydrogen-bond donors (Lipinski definition) is 2. The number of methoxy groups -OCH3 is 1. The molecular formula is C15H25NO4S2. The molecule has 0 unspecified atom stereocenters. The lowest BCUT2D eigenvalue weighted by atomic mass is 10.1. The van der Waals surface area contributed by atoms with Crippen molar-refractivity contribution >= 4 is 21.8 Å². The largest absolute Gasteiger partial charge is 0.495 e. The van der Waals surface area contributed by atoms with Crippen LogP contribution in [-0.2, 0) is 10.0 Å². The highest BCUT2D eigenvalue weighted by Crippen LogP contribution is 2.27. The predicted octanol–water partition coefficient (Wildman–Crippen LogP) is 2.09. The molecule has 0 radical (unpaired) electrons. The van der Waals surface area contributed by atoms with Gasteiger partial charge < -0.3 is 9.84 Å². The minimum Gasteiger partial charge on any atom is -0.495 e. The first-order chi connectivity index (χ1) is 10.1.